The molecule has 4 amide bonds. The van der Waals surface area contributed by atoms with Crippen molar-refractivity contribution in [2.45, 2.75) is 19.1 Å². The van der Waals surface area contributed by atoms with Crippen LogP contribution in [0.1, 0.15) is 11.3 Å². The lowest BCUT2D eigenvalue weighted by atomic mass is 10.1. The second-order valence-electron chi connectivity index (χ2n) is 7.01. The maximum atomic E-state index is 14.4. The van der Waals surface area contributed by atoms with Gasteiger partial charge in [0.25, 0.3) is 5.91 Å². The number of pyridine rings is 1. The van der Waals surface area contributed by atoms with E-state index in [1.165, 1.54) is 6.92 Å². The van der Waals surface area contributed by atoms with Crippen LogP contribution in [0.2, 0.25) is 5.02 Å². The highest BCUT2D eigenvalue weighted by Crippen LogP contribution is 2.34. The van der Waals surface area contributed by atoms with Crippen molar-refractivity contribution < 1.29 is 41.4 Å². The highest BCUT2D eigenvalue weighted by Gasteiger charge is 2.48. The Hall–Kier alpha value is -3.48. The number of carbonyl (C=O) groups is 3. The number of alkyl halides is 3. The average Bonchev–Trinajstić information content (AvgIpc) is 3.07. The van der Waals surface area contributed by atoms with Gasteiger partial charge in [0.05, 0.1) is 17.8 Å². The number of aryl methyl sites for hydroxylation is 1. The molecule has 1 aromatic heterocycles. The molecule has 0 aliphatic carbocycles. The van der Waals surface area contributed by atoms with Gasteiger partial charge in [-0.2, -0.15) is 13.2 Å². The van der Waals surface area contributed by atoms with Gasteiger partial charge < -0.3 is 10.0 Å². The summed E-state index contributed by atoms with van der Waals surface area (Å²) in [6, 6.07) is -0.153. The molecule has 176 valence electrons. The van der Waals surface area contributed by atoms with Gasteiger partial charge in [-0.05, 0) is 31.2 Å². The van der Waals surface area contributed by atoms with E-state index in [1.54, 1.807) is 0 Å². The van der Waals surface area contributed by atoms with Crippen molar-refractivity contribution in [3.8, 4) is 0 Å². The normalized spacial score (nSPS) is 16.4. The SMILES string of the molecule is Cc1cc(C(F)(F)F)cc(N2C(=O)N(C(=O)O)CC2C(=O)N(C)c2ccc(F)c(Cl)c2F)n1. The van der Waals surface area contributed by atoms with Gasteiger partial charge in [0.1, 0.15) is 22.7 Å². The quantitative estimate of drug-likeness (QED) is 0.509. The summed E-state index contributed by atoms with van der Waals surface area (Å²) < 4.78 is 67.7. The molecule has 0 radical (unpaired) electrons. The van der Waals surface area contributed by atoms with E-state index in [1.807, 2.05) is 0 Å². The minimum absolute atomic E-state index is 0.155. The van der Waals surface area contributed by atoms with E-state index in [2.05, 4.69) is 4.98 Å². The fourth-order valence-electron chi connectivity index (χ4n) is 3.26. The zero-order valence-electron chi connectivity index (χ0n) is 16.8. The van der Waals surface area contributed by atoms with Crippen molar-refractivity contribution in [3.05, 3.63) is 52.2 Å². The summed E-state index contributed by atoms with van der Waals surface area (Å²) in [7, 11) is 1.05. The third-order valence-corrected chi connectivity index (χ3v) is 5.19. The first kappa shape index (κ1) is 24.2. The highest BCUT2D eigenvalue weighted by atomic mass is 35.5. The minimum atomic E-state index is -4.82. The number of nitrogens with zero attached hydrogens (tertiary/aromatic N) is 4. The Bertz CT molecular complexity index is 1160. The molecule has 1 unspecified atom stereocenters. The predicted molar refractivity (Wildman–Crippen MR) is 105 cm³/mol. The number of carbonyl (C=O) groups excluding carboxylic acids is 2. The summed E-state index contributed by atoms with van der Waals surface area (Å²) in [5.74, 6) is -4.10. The fourth-order valence-corrected chi connectivity index (χ4v) is 3.42. The molecule has 14 heteroatoms. The zero-order valence-corrected chi connectivity index (χ0v) is 17.6. The van der Waals surface area contributed by atoms with Gasteiger partial charge in [0.15, 0.2) is 5.82 Å². The van der Waals surface area contributed by atoms with E-state index in [0.29, 0.717) is 21.9 Å². The van der Waals surface area contributed by atoms with Crippen LogP contribution < -0.4 is 9.80 Å². The fraction of sp³-hybridized carbons (Fsp3) is 0.263. The maximum absolute atomic E-state index is 14.4. The lowest BCUT2D eigenvalue weighted by Gasteiger charge is -2.27. The lowest BCUT2D eigenvalue weighted by Crippen LogP contribution is -2.47. The van der Waals surface area contributed by atoms with E-state index in [0.717, 1.165) is 19.2 Å². The van der Waals surface area contributed by atoms with Crippen molar-refractivity contribution >= 4 is 41.1 Å². The largest absolute Gasteiger partial charge is 0.465 e. The van der Waals surface area contributed by atoms with Crippen LogP contribution in [0.25, 0.3) is 0 Å². The molecule has 0 spiro atoms. The number of aromatic nitrogens is 1. The number of urea groups is 1. The van der Waals surface area contributed by atoms with Gasteiger partial charge in [-0.25, -0.2) is 28.3 Å². The van der Waals surface area contributed by atoms with Gasteiger partial charge in [-0.1, -0.05) is 11.6 Å². The Kier molecular flexibility index (Phi) is 6.20. The summed E-state index contributed by atoms with van der Waals surface area (Å²) in [6.07, 6.45) is -6.58. The van der Waals surface area contributed by atoms with Crippen LogP contribution in [0, 0.1) is 18.6 Å². The van der Waals surface area contributed by atoms with Gasteiger partial charge in [0, 0.05) is 12.7 Å². The molecule has 1 aromatic carbocycles. The van der Waals surface area contributed by atoms with E-state index in [9.17, 15) is 41.4 Å². The molecule has 1 atom stereocenters. The van der Waals surface area contributed by atoms with Crippen LogP contribution in [0.3, 0.4) is 0 Å². The van der Waals surface area contributed by atoms with Gasteiger partial charge >= 0.3 is 18.3 Å². The van der Waals surface area contributed by atoms with Gasteiger partial charge in [0.2, 0.25) is 0 Å². The Morgan fingerprint density at radius 2 is 1.88 bits per heavy atom. The molecule has 1 N–H and O–H groups in total. The third-order valence-electron chi connectivity index (χ3n) is 4.84. The Balaban J connectivity index is 2.08. The molecule has 2 aromatic rings. The van der Waals surface area contributed by atoms with Gasteiger partial charge in [-0.15, -0.1) is 0 Å². The molecule has 1 aliphatic heterocycles. The van der Waals surface area contributed by atoms with E-state index in [4.69, 9.17) is 11.6 Å². The van der Waals surface area contributed by atoms with Crippen LogP contribution in [0.15, 0.2) is 24.3 Å². The number of imide groups is 1. The van der Waals surface area contributed by atoms with Crippen LogP contribution >= 0.6 is 11.6 Å². The number of likely N-dealkylation sites (N-methyl/N-ethyl adjacent to an activating group) is 1. The summed E-state index contributed by atoms with van der Waals surface area (Å²) in [4.78, 5) is 42.5. The number of halogens is 6. The molecule has 0 bridgehead atoms. The topological polar surface area (TPSA) is 94.1 Å². The van der Waals surface area contributed by atoms with Crippen molar-refractivity contribution in [3.63, 3.8) is 0 Å². The molecule has 8 nitrogen and oxygen atoms in total. The Morgan fingerprint density at radius 1 is 1.24 bits per heavy atom. The summed E-state index contributed by atoms with van der Waals surface area (Å²) in [5.41, 5.74) is -1.83. The molecular weight excluding hydrogens is 479 g/mol. The first-order valence-corrected chi connectivity index (χ1v) is 9.42. The maximum Gasteiger partial charge on any atom is 0.416 e. The summed E-state index contributed by atoms with van der Waals surface area (Å²) >= 11 is 5.53. The third kappa shape index (κ3) is 4.40. The van der Waals surface area contributed by atoms with Crippen molar-refractivity contribution in [2.24, 2.45) is 0 Å². The number of benzene rings is 1. The minimum Gasteiger partial charge on any atom is -0.465 e. The smallest absolute Gasteiger partial charge is 0.416 e. The number of hydrogen-bond donors (Lipinski definition) is 1. The van der Waals surface area contributed by atoms with E-state index >= 15 is 0 Å². The van der Waals surface area contributed by atoms with Crippen LogP contribution in [0.4, 0.5) is 43.0 Å². The number of hydrogen-bond acceptors (Lipinski definition) is 4. The lowest BCUT2D eigenvalue weighted by molar-refractivity contribution is -0.137. The van der Waals surface area contributed by atoms with Crippen LogP contribution in [0.5, 0.6) is 0 Å². The molecule has 1 saturated heterocycles. The van der Waals surface area contributed by atoms with Crippen LogP contribution in [-0.4, -0.2) is 52.7 Å². The number of amides is 4. The van der Waals surface area contributed by atoms with Crippen LogP contribution in [-0.2, 0) is 11.0 Å². The monoisotopic (exact) mass is 492 g/mol. The number of carboxylic acid groups (broad SMARTS) is 1. The van der Waals surface area contributed by atoms with Crippen molar-refractivity contribution in [1.29, 1.82) is 0 Å². The second-order valence-corrected chi connectivity index (χ2v) is 7.38. The zero-order chi connectivity index (χ0) is 24.8. The molecule has 3 rings (SSSR count). The molecule has 2 heterocycles. The molecule has 0 saturated carbocycles. The van der Waals surface area contributed by atoms with E-state index in [-0.39, 0.29) is 10.6 Å². The number of rotatable bonds is 3. The first-order valence-electron chi connectivity index (χ1n) is 9.04. The molecule has 1 aliphatic rings. The van der Waals surface area contributed by atoms with Gasteiger partial charge in [-0.3, -0.25) is 9.69 Å². The first-order chi connectivity index (χ1) is 15.2. The Morgan fingerprint density at radius 3 is 2.45 bits per heavy atom. The Labute approximate surface area is 187 Å². The second kappa shape index (κ2) is 8.46. The predicted octanol–water partition coefficient (Wildman–Crippen LogP) is 4.29. The molecule has 1 fully saturated rings. The number of anilines is 2. The molecule has 33 heavy (non-hydrogen) atoms. The van der Waals surface area contributed by atoms with Crippen molar-refractivity contribution in [2.75, 3.05) is 23.4 Å². The summed E-state index contributed by atoms with van der Waals surface area (Å²) in [6.45, 7) is 0.442. The highest BCUT2D eigenvalue weighted by molar-refractivity contribution is 6.31. The standard InChI is InChI=1S/C19H14ClF5N4O4/c1-8-5-9(19(23,24)25)6-13(26-8)29-12(7-28(17(29)31)18(32)33)16(30)27(2)11-4-3-10(21)14(20)15(11)22/h3-6,12H,7H2,1-2H3,(H,32,33). The van der Waals surface area contributed by atoms with E-state index < -0.39 is 70.5 Å². The summed E-state index contributed by atoms with van der Waals surface area (Å²) in [5, 5.41) is 8.38. The molecular formula is C19H14ClF5N4O4. The average molecular weight is 493 g/mol. The van der Waals surface area contributed by atoms with Crippen molar-refractivity contribution in [1.82, 2.24) is 9.88 Å².